The lowest BCUT2D eigenvalue weighted by atomic mass is 9.97. The molecule has 8 heteroatoms. The van der Waals surface area contributed by atoms with Crippen LogP contribution in [0.1, 0.15) is 26.7 Å². The number of halogens is 1. The van der Waals surface area contributed by atoms with E-state index in [1.165, 1.54) is 16.6 Å². The highest BCUT2D eigenvalue weighted by Gasteiger charge is 2.35. The van der Waals surface area contributed by atoms with Gasteiger partial charge in [-0.15, -0.1) is 0 Å². The minimum Gasteiger partial charge on any atom is -0.389 e. The number of nitrogens with zero attached hydrogens (tertiary/aromatic N) is 2. The zero-order valence-electron chi connectivity index (χ0n) is 12.1. The van der Waals surface area contributed by atoms with Crippen LogP contribution in [0.5, 0.6) is 0 Å². The highest BCUT2D eigenvalue weighted by molar-refractivity contribution is 7.89. The number of β-amino-alcohol motifs (C(OH)–C–C–N with tert-alkyl or cyclic N) is 1. The number of aromatic nitrogens is 1. The van der Waals surface area contributed by atoms with E-state index in [4.69, 9.17) is 11.6 Å². The summed E-state index contributed by atoms with van der Waals surface area (Å²) in [6.07, 6.45) is 2.52. The van der Waals surface area contributed by atoms with Crippen molar-refractivity contribution in [2.75, 3.05) is 25.0 Å². The second-order valence-corrected chi connectivity index (χ2v) is 7.82. The van der Waals surface area contributed by atoms with Crippen LogP contribution in [0.25, 0.3) is 0 Å². The van der Waals surface area contributed by atoms with Gasteiger partial charge in [-0.3, -0.25) is 0 Å². The molecule has 0 saturated carbocycles. The number of sulfonamides is 1. The highest BCUT2D eigenvalue weighted by Crippen LogP contribution is 2.28. The zero-order chi connectivity index (χ0) is 15.7. The number of hydrogen-bond acceptors (Lipinski definition) is 5. The minimum absolute atomic E-state index is 0.0480. The van der Waals surface area contributed by atoms with Gasteiger partial charge in [0.1, 0.15) is 10.7 Å². The van der Waals surface area contributed by atoms with Crippen LogP contribution in [0.15, 0.2) is 17.2 Å². The number of anilines is 1. The monoisotopic (exact) mass is 333 g/mol. The molecule has 0 bridgehead atoms. The topological polar surface area (TPSA) is 82.5 Å². The van der Waals surface area contributed by atoms with Gasteiger partial charge in [-0.25, -0.2) is 13.4 Å². The molecule has 1 aromatic heterocycles. The molecule has 0 aromatic carbocycles. The van der Waals surface area contributed by atoms with Crippen molar-refractivity contribution < 1.29 is 13.5 Å². The van der Waals surface area contributed by atoms with Crippen LogP contribution in [0.2, 0.25) is 5.02 Å². The van der Waals surface area contributed by atoms with E-state index in [1.54, 1.807) is 6.92 Å². The Kier molecular flexibility index (Phi) is 4.77. The molecular weight excluding hydrogens is 314 g/mol. The summed E-state index contributed by atoms with van der Waals surface area (Å²) < 4.78 is 26.5. The average molecular weight is 334 g/mol. The highest BCUT2D eigenvalue weighted by atomic mass is 35.5. The number of aliphatic hydroxyl groups is 1. The van der Waals surface area contributed by atoms with Crippen LogP contribution >= 0.6 is 11.6 Å². The molecule has 1 aliphatic rings. The lowest BCUT2D eigenvalue weighted by Gasteiger charge is -2.35. The molecule has 0 radical (unpaired) electrons. The summed E-state index contributed by atoms with van der Waals surface area (Å²) in [4.78, 5) is 4.10. The predicted octanol–water partition coefficient (Wildman–Crippen LogP) is 1.70. The molecule has 1 aromatic rings. The molecule has 2 N–H and O–H groups in total. The molecule has 0 spiro atoms. The molecule has 118 valence electrons. The summed E-state index contributed by atoms with van der Waals surface area (Å²) in [6.45, 7) is 4.67. The van der Waals surface area contributed by atoms with Crippen molar-refractivity contribution in [3.8, 4) is 0 Å². The van der Waals surface area contributed by atoms with Gasteiger partial charge in [-0.05, 0) is 32.8 Å². The Morgan fingerprint density at radius 3 is 2.86 bits per heavy atom. The Morgan fingerprint density at radius 1 is 1.57 bits per heavy atom. The first-order chi connectivity index (χ1) is 9.76. The van der Waals surface area contributed by atoms with Gasteiger partial charge >= 0.3 is 0 Å². The van der Waals surface area contributed by atoms with E-state index in [9.17, 15) is 13.5 Å². The summed E-state index contributed by atoms with van der Waals surface area (Å²) in [6, 6.07) is 1.39. The van der Waals surface area contributed by atoms with E-state index >= 15 is 0 Å². The summed E-state index contributed by atoms with van der Waals surface area (Å²) in [5.74, 6) is 0.462. The molecule has 1 unspecified atom stereocenters. The standard InChI is InChI=1S/C13H20ClN3O3S/c1-3-15-12-11(14)7-10(8-16-12)21(19,20)17-6-4-5-13(2,18)9-17/h7-8,18H,3-6,9H2,1-2H3,(H,15,16). The van der Waals surface area contributed by atoms with Crippen molar-refractivity contribution in [2.24, 2.45) is 0 Å². The molecule has 2 rings (SSSR count). The minimum atomic E-state index is -3.69. The van der Waals surface area contributed by atoms with Crippen molar-refractivity contribution >= 4 is 27.4 Å². The van der Waals surface area contributed by atoms with Gasteiger partial charge in [0.25, 0.3) is 0 Å². The molecule has 2 heterocycles. The third kappa shape index (κ3) is 3.66. The van der Waals surface area contributed by atoms with Crippen molar-refractivity contribution in [3.63, 3.8) is 0 Å². The largest absolute Gasteiger partial charge is 0.389 e. The SMILES string of the molecule is CCNc1ncc(S(=O)(=O)N2CCCC(C)(O)C2)cc1Cl. The fourth-order valence-corrected chi connectivity index (χ4v) is 4.25. The van der Waals surface area contributed by atoms with Gasteiger partial charge in [0.2, 0.25) is 10.0 Å². The Hall–Kier alpha value is -0.890. The van der Waals surface area contributed by atoms with Gasteiger partial charge in [-0.1, -0.05) is 11.6 Å². The van der Waals surface area contributed by atoms with Crippen LogP contribution < -0.4 is 5.32 Å². The number of pyridine rings is 1. The van der Waals surface area contributed by atoms with E-state index < -0.39 is 15.6 Å². The molecule has 21 heavy (non-hydrogen) atoms. The number of piperidine rings is 1. The maximum absolute atomic E-state index is 12.6. The summed E-state index contributed by atoms with van der Waals surface area (Å²) in [5, 5.41) is 13.3. The van der Waals surface area contributed by atoms with E-state index in [0.717, 1.165) is 0 Å². The first-order valence-electron chi connectivity index (χ1n) is 6.88. The normalized spacial score (nSPS) is 24.0. The Morgan fingerprint density at radius 2 is 2.29 bits per heavy atom. The van der Waals surface area contributed by atoms with Gasteiger partial charge < -0.3 is 10.4 Å². The van der Waals surface area contributed by atoms with Crippen LogP contribution in [0.3, 0.4) is 0 Å². The van der Waals surface area contributed by atoms with E-state index in [0.29, 0.717) is 31.7 Å². The van der Waals surface area contributed by atoms with Crippen molar-refractivity contribution in [2.45, 2.75) is 37.2 Å². The molecule has 0 aliphatic carbocycles. The molecule has 1 saturated heterocycles. The third-order valence-corrected chi connectivity index (χ3v) is 5.54. The van der Waals surface area contributed by atoms with E-state index in [2.05, 4.69) is 10.3 Å². The first kappa shape index (κ1) is 16.5. The number of rotatable bonds is 4. The summed E-state index contributed by atoms with van der Waals surface area (Å²) >= 11 is 6.05. The molecule has 1 atom stereocenters. The van der Waals surface area contributed by atoms with Crippen LogP contribution in [-0.4, -0.2) is 48.0 Å². The van der Waals surface area contributed by atoms with Crippen LogP contribution in [0.4, 0.5) is 5.82 Å². The fourth-order valence-electron chi connectivity index (χ4n) is 2.39. The molecule has 1 aliphatic heterocycles. The Labute approximate surface area is 130 Å². The van der Waals surface area contributed by atoms with Gasteiger partial charge in [0, 0.05) is 25.8 Å². The predicted molar refractivity (Wildman–Crippen MR) is 82.0 cm³/mol. The van der Waals surface area contributed by atoms with Crippen LogP contribution in [-0.2, 0) is 10.0 Å². The summed E-state index contributed by atoms with van der Waals surface area (Å²) in [7, 11) is -3.69. The van der Waals surface area contributed by atoms with Gasteiger partial charge in [-0.2, -0.15) is 4.31 Å². The summed E-state index contributed by atoms with van der Waals surface area (Å²) in [5.41, 5.74) is -0.994. The molecule has 6 nitrogen and oxygen atoms in total. The van der Waals surface area contributed by atoms with Gasteiger partial charge in [0.05, 0.1) is 10.6 Å². The maximum atomic E-state index is 12.6. The number of nitrogens with one attached hydrogen (secondary N) is 1. The molecule has 0 amide bonds. The van der Waals surface area contributed by atoms with E-state index in [1.807, 2.05) is 6.92 Å². The van der Waals surface area contributed by atoms with Crippen molar-refractivity contribution in [3.05, 3.63) is 17.3 Å². The van der Waals surface area contributed by atoms with E-state index in [-0.39, 0.29) is 16.5 Å². The lowest BCUT2D eigenvalue weighted by molar-refractivity contribution is 0.00939. The average Bonchev–Trinajstić information content (AvgIpc) is 2.40. The fraction of sp³-hybridized carbons (Fsp3) is 0.615. The van der Waals surface area contributed by atoms with Gasteiger partial charge in [0.15, 0.2) is 0 Å². The Bertz CT molecular complexity index is 619. The zero-order valence-corrected chi connectivity index (χ0v) is 13.7. The van der Waals surface area contributed by atoms with Crippen molar-refractivity contribution in [1.82, 2.24) is 9.29 Å². The second kappa shape index (κ2) is 6.08. The lowest BCUT2D eigenvalue weighted by Crippen LogP contribution is -2.48. The maximum Gasteiger partial charge on any atom is 0.244 e. The van der Waals surface area contributed by atoms with Crippen LogP contribution in [0, 0.1) is 0 Å². The second-order valence-electron chi connectivity index (χ2n) is 5.47. The number of hydrogen-bond donors (Lipinski definition) is 2. The smallest absolute Gasteiger partial charge is 0.244 e. The first-order valence-corrected chi connectivity index (χ1v) is 8.70. The Balaban J connectivity index is 2.29. The molecule has 1 fully saturated rings. The van der Waals surface area contributed by atoms with Crippen molar-refractivity contribution in [1.29, 1.82) is 0 Å². The quantitative estimate of drug-likeness (QED) is 0.876. The third-order valence-electron chi connectivity index (χ3n) is 3.44. The molecular formula is C13H20ClN3O3S.